The Morgan fingerprint density at radius 3 is 2.45 bits per heavy atom. The lowest BCUT2D eigenvalue weighted by molar-refractivity contribution is 0.0925. The number of rotatable bonds is 5. The van der Waals surface area contributed by atoms with Crippen LogP contribution in [0.15, 0.2) is 42.6 Å². The molecule has 0 fully saturated rings. The third-order valence-electron chi connectivity index (χ3n) is 3.42. The summed E-state index contributed by atoms with van der Waals surface area (Å²) < 4.78 is 5.16. The first-order valence-electron chi connectivity index (χ1n) is 7.07. The summed E-state index contributed by atoms with van der Waals surface area (Å²) in [5.74, 6) is 0.868. The number of amides is 1. The van der Waals surface area contributed by atoms with E-state index in [2.05, 4.69) is 24.1 Å². The molecule has 0 unspecified atom stereocenters. The minimum absolute atomic E-state index is 0.0923. The molecule has 0 aliphatic heterocycles. The topological polar surface area (TPSA) is 51.2 Å². The molecule has 116 valence electrons. The van der Waals surface area contributed by atoms with Crippen molar-refractivity contribution in [3.63, 3.8) is 0 Å². The molecular formula is C17H19ClN2O2. The maximum Gasteiger partial charge on any atom is 0.251 e. The van der Waals surface area contributed by atoms with E-state index < -0.39 is 0 Å². The first-order chi connectivity index (χ1) is 10.5. The Morgan fingerprint density at radius 1 is 1.23 bits per heavy atom. The molecule has 5 heteroatoms. The second kappa shape index (κ2) is 7.27. The zero-order chi connectivity index (χ0) is 16.1. The number of methoxy groups -OCH3 is 1. The molecule has 1 heterocycles. The fraction of sp³-hybridized carbons (Fsp3) is 0.294. The van der Waals surface area contributed by atoms with Crippen molar-refractivity contribution >= 4 is 17.5 Å². The largest absolute Gasteiger partial charge is 0.497 e. The molecule has 1 amide bonds. The van der Waals surface area contributed by atoms with E-state index >= 15 is 0 Å². The minimum Gasteiger partial charge on any atom is -0.497 e. The highest BCUT2D eigenvalue weighted by Crippen LogP contribution is 2.24. The number of aromatic nitrogens is 1. The average Bonchev–Trinajstić information content (AvgIpc) is 2.52. The van der Waals surface area contributed by atoms with Gasteiger partial charge in [-0.05, 0) is 35.7 Å². The number of nitrogens with zero attached hydrogens (tertiary/aromatic N) is 1. The molecule has 0 radical (unpaired) electrons. The van der Waals surface area contributed by atoms with Crippen LogP contribution in [0.4, 0.5) is 0 Å². The molecule has 0 spiro atoms. The van der Waals surface area contributed by atoms with E-state index in [0.717, 1.165) is 11.3 Å². The van der Waals surface area contributed by atoms with Crippen molar-refractivity contribution in [1.82, 2.24) is 10.3 Å². The van der Waals surface area contributed by atoms with E-state index in [4.69, 9.17) is 16.3 Å². The van der Waals surface area contributed by atoms with E-state index in [1.807, 2.05) is 24.3 Å². The van der Waals surface area contributed by atoms with Gasteiger partial charge in [0.2, 0.25) is 0 Å². The lowest BCUT2D eigenvalue weighted by atomic mass is 9.95. The molecule has 0 aliphatic carbocycles. The molecule has 1 aromatic heterocycles. The van der Waals surface area contributed by atoms with Gasteiger partial charge in [0.15, 0.2) is 0 Å². The molecule has 0 bridgehead atoms. The van der Waals surface area contributed by atoms with Crippen LogP contribution in [0.3, 0.4) is 0 Å². The van der Waals surface area contributed by atoms with Crippen molar-refractivity contribution in [2.75, 3.05) is 7.11 Å². The van der Waals surface area contributed by atoms with Crippen LogP contribution in [0, 0.1) is 5.92 Å². The number of carbonyl (C=O) groups is 1. The van der Waals surface area contributed by atoms with Gasteiger partial charge < -0.3 is 10.1 Å². The van der Waals surface area contributed by atoms with Crippen molar-refractivity contribution in [2.45, 2.75) is 19.9 Å². The van der Waals surface area contributed by atoms with Crippen LogP contribution >= 0.6 is 11.6 Å². The summed E-state index contributed by atoms with van der Waals surface area (Å²) in [4.78, 5) is 16.3. The van der Waals surface area contributed by atoms with Crippen LogP contribution in [-0.4, -0.2) is 18.0 Å². The molecule has 22 heavy (non-hydrogen) atoms. The normalized spacial score (nSPS) is 12.0. The highest BCUT2D eigenvalue weighted by Gasteiger charge is 2.19. The summed E-state index contributed by atoms with van der Waals surface area (Å²) >= 11 is 5.83. The van der Waals surface area contributed by atoms with Crippen LogP contribution in [0.25, 0.3) is 0 Å². The van der Waals surface area contributed by atoms with Gasteiger partial charge in [-0.1, -0.05) is 37.6 Å². The van der Waals surface area contributed by atoms with Crippen molar-refractivity contribution < 1.29 is 9.53 Å². The minimum atomic E-state index is -0.168. The number of hydrogen-bond acceptors (Lipinski definition) is 3. The zero-order valence-electron chi connectivity index (χ0n) is 12.8. The second-order valence-electron chi connectivity index (χ2n) is 5.34. The molecule has 4 nitrogen and oxygen atoms in total. The Balaban J connectivity index is 2.19. The van der Waals surface area contributed by atoms with Gasteiger partial charge in [-0.2, -0.15) is 0 Å². The fourth-order valence-corrected chi connectivity index (χ4v) is 2.39. The molecular weight excluding hydrogens is 300 g/mol. The fourth-order valence-electron chi connectivity index (χ4n) is 2.21. The first-order valence-corrected chi connectivity index (χ1v) is 7.45. The second-order valence-corrected chi connectivity index (χ2v) is 5.72. The third kappa shape index (κ3) is 3.98. The van der Waals surface area contributed by atoms with E-state index in [1.165, 1.54) is 6.20 Å². The van der Waals surface area contributed by atoms with Gasteiger partial charge in [-0.15, -0.1) is 0 Å². The maximum atomic E-state index is 12.4. The lowest BCUT2D eigenvalue weighted by Crippen LogP contribution is -2.31. The van der Waals surface area contributed by atoms with Crippen molar-refractivity contribution in [2.24, 2.45) is 5.92 Å². The van der Waals surface area contributed by atoms with Gasteiger partial charge in [0, 0.05) is 11.8 Å². The molecule has 1 atom stereocenters. The van der Waals surface area contributed by atoms with Crippen molar-refractivity contribution in [3.8, 4) is 5.75 Å². The summed E-state index contributed by atoms with van der Waals surface area (Å²) in [5, 5.41) is 3.35. The molecule has 0 aliphatic rings. The molecule has 2 rings (SSSR count). The SMILES string of the molecule is COc1ccc([C@@H](NC(=O)c2ccnc(Cl)c2)C(C)C)cc1. The Labute approximate surface area is 135 Å². The lowest BCUT2D eigenvalue weighted by Gasteiger charge is -2.23. The highest BCUT2D eigenvalue weighted by atomic mass is 35.5. The van der Waals surface area contributed by atoms with Crippen LogP contribution in [0.5, 0.6) is 5.75 Å². The number of halogens is 1. The van der Waals surface area contributed by atoms with Gasteiger partial charge in [0.25, 0.3) is 5.91 Å². The molecule has 2 aromatic rings. The molecule has 0 saturated heterocycles. The summed E-state index contributed by atoms with van der Waals surface area (Å²) in [6, 6.07) is 10.8. The van der Waals surface area contributed by atoms with Crippen LogP contribution in [0.1, 0.15) is 35.8 Å². The molecule has 1 aromatic carbocycles. The number of pyridine rings is 1. The van der Waals surface area contributed by atoms with E-state index in [9.17, 15) is 4.79 Å². The maximum absolute atomic E-state index is 12.4. The first kappa shape index (κ1) is 16.3. The van der Waals surface area contributed by atoms with Gasteiger partial charge in [0.05, 0.1) is 13.2 Å². The highest BCUT2D eigenvalue weighted by molar-refractivity contribution is 6.29. The molecule has 0 saturated carbocycles. The van der Waals surface area contributed by atoms with Crippen LogP contribution < -0.4 is 10.1 Å². The number of nitrogens with one attached hydrogen (secondary N) is 1. The standard InChI is InChI=1S/C17H19ClN2O2/c1-11(2)16(12-4-6-14(22-3)7-5-12)20-17(21)13-8-9-19-15(18)10-13/h4-11,16H,1-3H3,(H,20,21)/t16-/m0/s1. The average molecular weight is 319 g/mol. The van der Waals surface area contributed by atoms with E-state index in [0.29, 0.717) is 10.7 Å². The quantitative estimate of drug-likeness (QED) is 0.851. The summed E-state index contributed by atoms with van der Waals surface area (Å²) in [6.45, 7) is 4.13. The van der Waals surface area contributed by atoms with Crippen LogP contribution in [-0.2, 0) is 0 Å². The predicted octanol–water partition coefficient (Wildman–Crippen LogP) is 3.87. The van der Waals surface area contributed by atoms with Gasteiger partial charge in [0.1, 0.15) is 10.9 Å². The number of ether oxygens (including phenoxy) is 1. The van der Waals surface area contributed by atoms with E-state index in [1.54, 1.807) is 19.2 Å². The van der Waals surface area contributed by atoms with Crippen molar-refractivity contribution in [3.05, 3.63) is 58.9 Å². The number of benzene rings is 1. The van der Waals surface area contributed by atoms with E-state index in [-0.39, 0.29) is 17.9 Å². The monoisotopic (exact) mass is 318 g/mol. The van der Waals surface area contributed by atoms with Gasteiger partial charge >= 0.3 is 0 Å². The zero-order valence-corrected chi connectivity index (χ0v) is 13.6. The Kier molecular flexibility index (Phi) is 5.39. The Morgan fingerprint density at radius 2 is 1.91 bits per heavy atom. The number of hydrogen-bond donors (Lipinski definition) is 1. The summed E-state index contributed by atoms with van der Waals surface area (Å²) in [7, 11) is 1.63. The van der Waals surface area contributed by atoms with Gasteiger partial charge in [-0.25, -0.2) is 4.98 Å². The Hall–Kier alpha value is -2.07. The summed E-state index contributed by atoms with van der Waals surface area (Å²) in [6.07, 6.45) is 1.52. The smallest absolute Gasteiger partial charge is 0.251 e. The summed E-state index contributed by atoms with van der Waals surface area (Å²) in [5.41, 5.74) is 1.53. The third-order valence-corrected chi connectivity index (χ3v) is 3.62. The predicted molar refractivity (Wildman–Crippen MR) is 87.3 cm³/mol. The molecule has 1 N–H and O–H groups in total. The van der Waals surface area contributed by atoms with Crippen LogP contribution in [0.2, 0.25) is 5.15 Å². The Bertz CT molecular complexity index is 641. The van der Waals surface area contributed by atoms with Gasteiger partial charge in [-0.3, -0.25) is 4.79 Å². The number of carbonyl (C=O) groups excluding carboxylic acids is 1. The van der Waals surface area contributed by atoms with Crippen molar-refractivity contribution in [1.29, 1.82) is 0 Å².